The molecule has 0 unspecified atom stereocenters. The fourth-order valence-corrected chi connectivity index (χ4v) is 2.95. The number of anilines is 1. The van der Waals surface area contributed by atoms with Crippen molar-refractivity contribution in [2.75, 3.05) is 12.4 Å². The van der Waals surface area contributed by atoms with Crippen LogP contribution in [0.5, 0.6) is 5.75 Å². The van der Waals surface area contributed by atoms with Crippen molar-refractivity contribution >= 4 is 23.3 Å². The number of benzene rings is 3. The average molecular weight is 381 g/mol. The number of hydrogen-bond donors (Lipinski definition) is 1. The van der Waals surface area contributed by atoms with E-state index in [1.54, 1.807) is 30.2 Å². The fourth-order valence-electron chi connectivity index (χ4n) is 2.78. The van der Waals surface area contributed by atoms with Crippen LogP contribution in [-0.4, -0.2) is 18.0 Å². The first-order valence-electron chi connectivity index (χ1n) is 8.63. The molecule has 3 aromatic carbocycles. The van der Waals surface area contributed by atoms with Gasteiger partial charge in [-0.3, -0.25) is 0 Å². The lowest BCUT2D eigenvalue weighted by molar-refractivity contribution is 0.206. The molecule has 0 fully saturated rings. The van der Waals surface area contributed by atoms with Crippen molar-refractivity contribution in [3.63, 3.8) is 0 Å². The lowest BCUT2D eigenvalue weighted by Crippen LogP contribution is -2.34. The van der Waals surface area contributed by atoms with Crippen molar-refractivity contribution in [3.8, 4) is 5.75 Å². The van der Waals surface area contributed by atoms with E-state index in [1.807, 2.05) is 60.7 Å². The molecule has 0 saturated heterocycles. The van der Waals surface area contributed by atoms with Crippen molar-refractivity contribution in [3.05, 3.63) is 95.0 Å². The van der Waals surface area contributed by atoms with Crippen molar-refractivity contribution in [1.82, 2.24) is 4.90 Å². The molecular formula is C22H21ClN2O2. The zero-order valence-corrected chi connectivity index (χ0v) is 15.8. The Bertz CT molecular complexity index is 844. The van der Waals surface area contributed by atoms with Crippen LogP contribution in [0.1, 0.15) is 11.1 Å². The van der Waals surface area contributed by atoms with E-state index < -0.39 is 0 Å². The first-order valence-corrected chi connectivity index (χ1v) is 9.01. The van der Waals surface area contributed by atoms with E-state index in [-0.39, 0.29) is 6.03 Å². The number of hydrogen-bond acceptors (Lipinski definition) is 2. The number of ether oxygens (including phenoxy) is 1. The summed E-state index contributed by atoms with van der Waals surface area (Å²) in [5, 5.41) is 3.45. The Hall–Kier alpha value is -2.98. The fraction of sp³-hybridized carbons (Fsp3) is 0.136. The molecule has 1 N–H and O–H groups in total. The molecule has 0 spiro atoms. The third kappa shape index (κ3) is 5.25. The Labute approximate surface area is 164 Å². The summed E-state index contributed by atoms with van der Waals surface area (Å²) in [7, 11) is 1.56. The highest BCUT2D eigenvalue weighted by Gasteiger charge is 2.17. The molecule has 0 aliphatic heterocycles. The van der Waals surface area contributed by atoms with Gasteiger partial charge in [-0.25, -0.2) is 4.79 Å². The molecule has 2 amide bonds. The predicted octanol–water partition coefficient (Wildman–Crippen LogP) is 5.58. The maximum Gasteiger partial charge on any atom is 0.322 e. The highest BCUT2D eigenvalue weighted by atomic mass is 35.5. The molecule has 0 radical (unpaired) electrons. The van der Waals surface area contributed by atoms with E-state index in [0.717, 1.165) is 11.1 Å². The molecule has 5 heteroatoms. The molecule has 4 nitrogen and oxygen atoms in total. The first kappa shape index (κ1) is 18.8. The molecule has 3 rings (SSSR count). The summed E-state index contributed by atoms with van der Waals surface area (Å²) >= 11 is 6.08. The van der Waals surface area contributed by atoms with Gasteiger partial charge < -0.3 is 15.0 Å². The molecule has 0 aliphatic rings. The summed E-state index contributed by atoms with van der Waals surface area (Å²) in [6.07, 6.45) is 0. The molecule has 0 aliphatic carbocycles. The van der Waals surface area contributed by atoms with E-state index in [9.17, 15) is 4.79 Å². The molecule has 0 saturated carbocycles. The molecule has 0 heterocycles. The minimum atomic E-state index is -0.219. The minimum Gasteiger partial charge on any atom is -0.495 e. The largest absolute Gasteiger partial charge is 0.495 e. The Morgan fingerprint density at radius 2 is 1.48 bits per heavy atom. The van der Waals surface area contributed by atoms with Gasteiger partial charge in [0, 0.05) is 18.1 Å². The third-order valence-electron chi connectivity index (χ3n) is 4.12. The average Bonchev–Trinajstić information content (AvgIpc) is 2.69. The van der Waals surface area contributed by atoms with Crippen molar-refractivity contribution < 1.29 is 9.53 Å². The number of urea groups is 1. The van der Waals surface area contributed by atoms with Gasteiger partial charge in [0.15, 0.2) is 0 Å². The summed E-state index contributed by atoms with van der Waals surface area (Å²) in [4.78, 5) is 14.8. The third-order valence-corrected chi connectivity index (χ3v) is 4.36. The highest BCUT2D eigenvalue weighted by Crippen LogP contribution is 2.28. The van der Waals surface area contributed by atoms with Crippen molar-refractivity contribution in [1.29, 1.82) is 0 Å². The van der Waals surface area contributed by atoms with E-state index in [0.29, 0.717) is 29.5 Å². The summed E-state index contributed by atoms with van der Waals surface area (Å²) in [6.45, 7) is 0.981. The van der Waals surface area contributed by atoms with Gasteiger partial charge in [-0.15, -0.1) is 0 Å². The van der Waals surface area contributed by atoms with Crippen LogP contribution in [0.3, 0.4) is 0 Å². The smallest absolute Gasteiger partial charge is 0.322 e. The van der Waals surface area contributed by atoms with E-state index >= 15 is 0 Å². The van der Waals surface area contributed by atoms with Crippen LogP contribution >= 0.6 is 11.6 Å². The lowest BCUT2D eigenvalue weighted by atomic mass is 10.2. The standard InChI is InChI=1S/C22H21ClN2O2/c1-27-21-13-12-19(23)14-20(21)24-22(26)25(15-17-8-4-2-5-9-17)16-18-10-6-3-7-11-18/h2-14H,15-16H2,1H3,(H,24,26). The second-order valence-corrected chi connectivity index (χ2v) is 6.54. The summed E-state index contributed by atoms with van der Waals surface area (Å²) < 4.78 is 5.33. The number of amides is 2. The molecule has 0 aromatic heterocycles. The van der Waals surface area contributed by atoms with Crippen LogP contribution in [0.25, 0.3) is 0 Å². The van der Waals surface area contributed by atoms with Crippen LogP contribution in [0.2, 0.25) is 5.02 Å². The SMILES string of the molecule is COc1ccc(Cl)cc1NC(=O)N(Cc1ccccc1)Cc1ccccc1. The molecule has 3 aromatic rings. The van der Waals surface area contributed by atoms with Crippen LogP contribution in [-0.2, 0) is 13.1 Å². The van der Waals surface area contributed by atoms with Gasteiger partial charge in [0.25, 0.3) is 0 Å². The number of nitrogens with zero attached hydrogens (tertiary/aromatic N) is 1. The number of halogens is 1. The minimum absolute atomic E-state index is 0.219. The molecule has 0 atom stereocenters. The van der Waals surface area contributed by atoms with Crippen LogP contribution in [0, 0.1) is 0 Å². The first-order chi connectivity index (χ1) is 13.2. The highest BCUT2D eigenvalue weighted by molar-refractivity contribution is 6.31. The van der Waals surface area contributed by atoms with Crippen LogP contribution in [0.15, 0.2) is 78.9 Å². The quantitative estimate of drug-likeness (QED) is 0.606. The van der Waals surface area contributed by atoms with E-state index in [1.165, 1.54) is 0 Å². The second kappa shape index (κ2) is 9.10. The number of nitrogens with one attached hydrogen (secondary N) is 1. The maximum atomic E-state index is 13.0. The zero-order valence-electron chi connectivity index (χ0n) is 15.1. The van der Waals surface area contributed by atoms with E-state index in [4.69, 9.17) is 16.3 Å². The number of carbonyl (C=O) groups excluding carboxylic acids is 1. The van der Waals surface area contributed by atoms with Crippen molar-refractivity contribution in [2.45, 2.75) is 13.1 Å². The summed E-state index contributed by atoms with van der Waals surface area (Å²) in [5.41, 5.74) is 2.66. The zero-order chi connectivity index (χ0) is 19.1. The normalized spacial score (nSPS) is 10.3. The molecular weight excluding hydrogens is 360 g/mol. The summed E-state index contributed by atoms with van der Waals surface area (Å²) in [6, 6.07) is 24.7. The maximum absolute atomic E-state index is 13.0. The predicted molar refractivity (Wildman–Crippen MR) is 109 cm³/mol. The number of rotatable bonds is 6. The second-order valence-electron chi connectivity index (χ2n) is 6.10. The molecule has 138 valence electrons. The van der Waals surface area contributed by atoms with Crippen LogP contribution in [0.4, 0.5) is 10.5 Å². The number of carbonyl (C=O) groups is 1. The monoisotopic (exact) mass is 380 g/mol. The van der Waals surface area contributed by atoms with Gasteiger partial charge in [-0.2, -0.15) is 0 Å². The Morgan fingerprint density at radius 3 is 2.00 bits per heavy atom. The van der Waals surface area contributed by atoms with E-state index in [2.05, 4.69) is 5.32 Å². The van der Waals surface area contributed by atoms with Gasteiger partial charge in [0.2, 0.25) is 0 Å². The van der Waals surface area contributed by atoms with Gasteiger partial charge >= 0.3 is 6.03 Å². The van der Waals surface area contributed by atoms with Crippen molar-refractivity contribution in [2.24, 2.45) is 0 Å². The Balaban J connectivity index is 1.83. The Kier molecular flexibility index (Phi) is 6.34. The number of methoxy groups -OCH3 is 1. The van der Waals surface area contributed by atoms with Crippen LogP contribution < -0.4 is 10.1 Å². The van der Waals surface area contributed by atoms with Gasteiger partial charge in [-0.1, -0.05) is 72.3 Å². The Morgan fingerprint density at radius 1 is 0.926 bits per heavy atom. The lowest BCUT2D eigenvalue weighted by Gasteiger charge is -2.24. The summed E-state index contributed by atoms with van der Waals surface area (Å²) in [5.74, 6) is 0.562. The van der Waals surface area contributed by atoms with Gasteiger partial charge in [-0.05, 0) is 29.3 Å². The topological polar surface area (TPSA) is 41.6 Å². The molecule has 27 heavy (non-hydrogen) atoms. The van der Waals surface area contributed by atoms with Gasteiger partial charge in [0.1, 0.15) is 5.75 Å². The van der Waals surface area contributed by atoms with Gasteiger partial charge in [0.05, 0.1) is 12.8 Å². The molecule has 0 bridgehead atoms.